The number of carbonyl (C=O) groups excluding carboxylic acids is 1. The van der Waals surface area contributed by atoms with Gasteiger partial charge in [-0.2, -0.15) is 0 Å². The van der Waals surface area contributed by atoms with Crippen LogP contribution in [0.3, 0.4) is 0 Å². The van der Waals surface area contributed by atoms with E-state index in [-0.39, 0.29) is 18.0 Å². The average molecular weight is 317 g/mol. The van der Waals surface area contributed by atoms with Gasteiger partial charge in [0.05, 0.1) is 5.56 Å². The first-order valence-corrected chi connectivity index (χ1v) is 7.01. The normalized spacial score (nSPS) is 21.7. The lowest BCUT2D eigenvalue weighted by Crippen LogP contribution is -2.24. The van der Waals surface area contributed by atoms with Crippen molar-refractivity contribution in [3.8, 4) is 0 Å². The van der Waals surface area contributed by atoms with Gasteiger partial charge in [-0.05, 0) is 29.3 Å². The van der Waals surface area contributed by atoms with Gasteiger partial charge in [0.15, 0.2) is 0 Å². The highest BCUT2D eigenvalue weighted by atomic mass is 79.9. The fourth-order valence-electron chi connectivity index (χ4n) is 2.53. The van der Waals surface area contributed by atoms with Gasteiger partial charge in [-0.15, -0.1) is 0 Å². The van der Waals surface area contributed by atoms with Crippen molar-refractivity contribution < 1.29 is 9.53 Å². The van der Waals surface area contributed by atoms with E-state index >= 15 is 0 Å². The fourth-order valence-corrected chi connectivity index (χ4v) is 2.80. The Bertz CT molecular complexity index is 619. The zero-order chi connectivity index (χ0) is 13.4. The number of ether oxygens (including phenoxy) is 1. The topological polar surface area (TPSA) is 26.3 Å². The number of halogens is 1. The molecule has 0 aromatic heterocycles. The Balaban J connectivity index is 2.02. The first kappa shape index (κ1) is 12.4. The minimum atomic E-state index is -0.235. The number of benzene rings is 2. The monoisotopic (exact) mass is 316 g/mol. The molecule has 1 aliphatic heterocycles. The maximum absolute atomic E-state index is 12.1. The molecular weight excluding hydrogens is 304 g/mol. The molecule has 0 saturated carbocycles. The average Bonchev–Trinajstić information content (AvgIpc) is 2.44. The van der Waals surface area contributed by atoms with E-state index in [2.05, 4.69) is 22.9 Å². The van der Waals surface area contributed by atoms with Crippen LogP contribution in [0.4, 0.5) is 0 Å². The van der Waals surface area contributed by atoms with Crippen LogP contribution in [0.5, 0.6) is 0 Å². The summed E-state index contributed by atoms with van der Waals surface area (Å²) in [6.45, 7) is 2.10. The number of rotatable bonds is 1. The molecule has 3 heteroatoms. The summed E-state index contributed by atoms with van der Waals surface area (Å²) in [6, 6.07) is 15.6. The van der Waals surface area contributed by atoms with Gasteiger partial charge in [0.1, 0.15) is 6.10 Å². The lowest BCUT2D eigenvalue weighted by Gasteiger charge is -2.31. The SMILES string of the molecule is C[C@@H]1c2ccccc2C(=O)O[C@H]1c1ccc(Br)cc1. The zero-order valence-electron chi connectivity index (χ0n) is 10.5. The summed E-state index contributed by atoms with van der Waals surface area (Å²) in [5.74, 6) is -0.0725. The summed E-state index contributed by atoms with van der Waals surface area (Å²) in [4.78, 5) is 12.1. The molecule has 2 aromatic carbocycles. The lowest BCUT2D eigenvalue weighted by atomic mass is 9.85. The van der Waals surface area contributed by atoms with Crippen LogP contribution >= 0.6 is 15.9 Å². The molecule has 0 N–H and O–H groups in total. The molecule has 0 bridgehead atoms. The van der Waals surface area contributed by atoms with Gasteiger partial charge in [0.2, 0.25) is 0 Å². The van der Waals surface area contributed by atoms with Crippen molar-refractivity contribution in [2.75, 3.05) is 0 Å². The highest BCUT2D eigenvalue weighted by Gasteiger charge is 2.33. The Morgan fingerprint density at radius 1 is 1.05 bits per heavy atom. The molecule has 0 radical (unpaired) electrons. The van der Waals surface area contributed by atoms with Gasteiger partial charge in [0.25, 0.3) is 0 Å². The zero-order valence-corrected chi connectivity index (χ0v) is 12.1. The molecule has 2 aromatic rings. The highest BCUT2D eigenvalue weighted by molar-refractivity contribution is 9.10. The first-order valence-electron chi connectivity index (χ1n) is 6.22. The number of fused-ring (bicyclic) bond motifs is 1. The predicted molar refractivity (Wildman–Crippen MR) is 77.2 cm³/mol. The number of cyclic esters (lactones) is 1. The molecule has 96 valence electrons. The Labute approximate surface area is 120 Å². The van der Waals surface area contributed by atoms with Crippen LogP contribution in [0, 0.1) is 0 Å². The second-order valence-corrected chi connectivity index (χ2v) is 5.67. The van der Waals surface area contributed by atoms with E-state index in [0.29, 0.717) is 5.56 Å². The summed E-state index contributed by atoms with van der Waals surface area (Å²) in [7, 11) is 0. The van der Waals surface area contributed by atoms with E-state index in [0.717, 1.165) is 15.6 Å². The molecule has 3 rings (SSSR count). The summed E-state index contributed by atoms with van der Waals surface area (Å²) >= 11 is 3.41. The van der Waals surface area contributed by atoms with Crippen LogP contribution < -0.4 is 0 Å². The van der Waals surface area contributed by atoms with Crippen molar-refractivity contribution in [1.29, 1.82) is 0 Å². The third-order valence-electron chi connectivity index (χ3n) is 3.56. The van der Waals surface area contributed by atoms with Gasteiger partial charge in [-0.1, -0.05) is 53.2 Å². The summed E-state index contributed by atoms with van der Waals surface area (Å²) in [5.41, 5.74) is 2.77. The largest absolute Gasteiger partial charge is 0.453 e. The van der Waals surface area contributed by atoms with E-state index < -0.39 is 0 Å². The van der Waals surface area contributed by atoms with Gasteiger partial charge in [-0.25, -0.2) is 4.79 Å². The van der Waals surface area contributed by atoms with E-state index in [1.807, 2.05) is 48.5 Å². The Hall–Kier alpha value is -1.61. The predicted octanol–water partition coefficient (Wildman–Crippen LogP) is 4.46. The van der Waals surface area contributed by atoms with Gasteiger partial charge in [0, 0.05) is 10.4 Å². The Morgan fingerprint density at radius 3 is 2.47 bits per heavy atom. The molecule has 19 heavy (non-hydrogen) atoms. The minimum Gasteiger partial charge on any atom is -0.453 e. The minimum absolute atomic E-state index is 0.162. The maximum Gasteiger partial charge on any atom is 0.339 e. The highest BCUT2D eigenvalue weighted by Crippen LogP contribution is 2.40. The second kappa shape index (κ2) is 4.82. The van der Waals surface area contributed by atoms with Crippen LogP contribution in [-0.4, -0.2) is 5.97 Å². The molecule has 0 unspecified atom stereocenters. The van der Waals surface area contributed by atoms with E-state index in [1.54, 1.807) is 0 Å². The summed E-state index contributed by atoms with van der Waals surface area (Å²) < 4.78 is 6.62. The van der Waals surface area contributed by atoms with E-state index in [1.165, 1.54) is 0 Å². The molecular formula is C16H13BrO2. The van der Waals surface area contributed by atoms with Crippen LogP contribution in [0.25, 0.3) is 0 Å². The van der Waals surface area contributed by atoms with Crippen molar-refractivity contribution in [3.05, 3.63) is 69.7 Å². The molecule has 1 heterocycles. The van der Waals surface area contributed by atoms with Crippen molar-refractivity contribution in [1.82, 2.24) is 0 Å². The summed E-state index contributed by atoms with van der Waals surface area (Å²) in [5, 5.41) is 0. The molecule has 0 aliphatic carbocycles. The molecule has 2 atom stereocenters. The van der Waals surface area contributed by atoms with Crippen LogP contribution in [0.1, 0.15) is 40.4 Å². The molecule has 0 saturated heterocycles. The Morgan fingerprint density at radius 2 is 1.74 bits per heavy atom. The smallest absolute Gasteiger partial charge is 0.339 e. The number of carbonyl (C=O) groups is 1. The van der Waals surface area contributed by atoms with Crippen LogP contribution in [0.15, 0.2) is 53.0 Å². The molecule has 1 aliphatic rings. The van der Waals surface area contributed by atoms with E-state index in [9.17, 15) is 4.79 Å². The van der Waals surface area contributed by atoms with E-state index in [4.69, 9.17) is 4.74 Å². The number of esters is 1. The maximum atomic E-state index is 12.1. The quantitative estimate of drug-likeness (QED) is 0.726. The third kappa shape index (κ3) is 2.19. The second-order valence-electron chi connectivity index (χ2n) is 4.75. The van der Waals surface area contributed by atoms with Crippen LogP contribution in [-0.2, 0) is 4.74 Å². The lowest BCUT2D eigenvalue weighted by molar-refractivity contribution is 0.0184. The third-order valence-corrected chi connectivity index (χ3v) is 4.09. The summed E-state index contributed by atoms with van der Waals surface area (Å²) in [6.07, 6.45) is -0.213. The van der Waals surface area contributed by atoms with Gasteiger partial charge >= 0.3 is 5.97 Å². The molecule has 2 nitrogen and oxygen atoms in total. The van der Waals surface area contributed by atoms with Crippen molar-refractivity contribution in [2.45, 2.75) is 18.9 Å². The standard InChI is InChI=1S/C16H13BrO2/c1-10-13-4-2-3-5-14(13)16(18)19-15(10)11-6-8-12(17)9-7-11/h2-10,15H,1H3/t10-,15-/m1/s1. The fraction of sp³-hybridized carbons (Fsp3) is 0.188. The van der Waals surface area contributed by atoms with Crippen molar-refractivity contribution in [2.24, 2.45) is 0 Å². The van der Waals surface area contributed by atoms with Gasteiger partial charge in [-0.3, -0.25) is 0 Å². The molecule has 0 spiro atoms. The number of hydrogen-bond donors (Lipinski definition) is 0. The molecule has 0 fully saturated rings. The number of hydrogen-bond acceptors (Lipinski definition) is 2. The van der Waals surface area contributed by atoms with Crippen LogP contribution in [0.2, 0.25) is 0 Å². The van der Waals surface area contributed by atoms with Crippen molar-refractivity contribution in [3.63, 3.8) is 0 Å². The first-order chi connectivity index (χ1) is 9.16. The van der Waals surface area contributed by atoms with Crippen molar-refractivity contribution >= 4 is 21.9 Å². The Kier molecular flexibility index (Phi) is 3.15. The van der Waals surface area contributed by atoms with Gasteiger partial charge < -0.3 is 4.74 Å². The molecule has 0 amide bonds.